The Morgan fingerprint density at radius 1 is 1.00 bits per heavy atom. The number of aromatic nitrogens is 3. The minimum atomic E-state index is 0.491. The van der Waals surface area contributed by atoms with Crippen molar-refractivity contribution in [1.29, 1.82) is 0 Å². The van der Waals surface area contributed by atoms with Gasteiger partial charge in [-0.3, -0.25) is 9.80 Å². The van der Waals surface area contributed by atoms with Crippen LogP contribution in [0.2, 0.25) is 0 Å². The molecule has 0 amide bonds. The summed E-state index contributed by atoms with van der Waals surface area (Å²) in [5, 5.41) is 9.05. The van der Waals surface area contributed by atoms with Crippen molar-refractivity contribution in [3.8, 4) is 5.75 Å². The van der Waals surface area contributed by atoms with Crippen LogP contribution in [-0.4, -0.2) is 71.1 Å². The molecule has 0 saturated carbocycles. The van der Waals surface area contributed by atoms with Gasteiger partial charge in [-0.2, -0.15) is 0 Å². The fourth-order valence-electron chi connectivity index (χ4n) is 4.25. The Morgan fingerprint density at radius 2 is 1.71 bits per heavy atom. The van der Waals surface area contributed by atoms with Gasteiger partial charge in [-0.05, 0) is 32.0 Å². The van der Waals surface area contributed by atoms with E-state index in [0.717, 1.165) is 82.7 Å². The molecule has 1 aromatic heterocycles. The van der Waals surface area contributed by atoms with E-state index in [1.54, 1.807) is 7.11 Å². The number of likely N-dealkylation sites (tertiary alicyclic amines) is 1. The van der Waals surface area contributed by atoms with Crippen LogP contribution in [0.25, 0.3) is 0 Å². The molecular formula is C21H31N5O2. The van der Waals surface area contributed by atoms with Gasteiger partial charge in [0.2, 0.25) is 0 Å². The number of rotatable bonds is 6. The van der Waals surface area contributed by atoms with Crippen LogP contribution < -0.4 is 4.74 Å². The van der Waals surface area contributed by atoms with Crippen molar-refractivity contribution in [2.45, 2.75) is 31.8 Å². The SMILES string of the molecule is COc1ccccc1CN1CCC(c2nnc(CN3CCOCC3)n2C)CC1. The Morgan fingerprint density at radius 3 is 2.46 bits per heavy atom. The van der Waals surface area contributed by atoms with Gasteiger partial charge in [0.25, 0.3) is 0 Å². The van der Waals surface area contributed by atoms with E-state index in [1.807, 2.05) is 12.1 Å². The molecule has 4 rings (SSSR count). The molecule has 2 aliphatic heterocycles. The van der Waals surface area contributed by atoms with E-state index in [1.165, 1.54) is 5.56 Å². The Kier molecular flexibility index (Phi) is 6.24. The lowest BCUT2D eigenvalue weighted by Gasteiger charge is -2.32. The second kappa shape index (κ2) is 9.03. The number of ether oxygens (including phenoxy) is 2. The van der Waals surface area contributed by atoms with Crippen LogP contribution in [-0.2, 0) is 24.9 Å². The number of nitrogens with zero attached hydrogens (tertiary/aromatic N) is 5. The molecule has 28 heavy (non-hydrogen) atoms. The molecule has 7 heteroatoms. The lowest BCUT2D eigenvalue weighted by atomic mass is 9.95. The normalized spacial score (nSPS) is 19.8. The first-order valence-corrected chi connectivity index (χ1v) is 10.3. The van der Waals surface area contributed by atoms with Gasteiger partial charge in [-0.1, -0.05) is 18.2 Å². The zero-order valence-corrected chi connectivity index (χ0v) is 17.0. The monoisotopic (exact) mass is 385 g/mol. The van der Waals surface area contributed by atoms with Gasteiger partial charge in [0.05, 0.1) is 26.9 Å². The van der Waals surface area contributed by atoms with Crippen molar-refractivity contribution in [3.05, 3.63) is 41.5 Å². The van der Waals surface area contributed by atoms with Crippen LogP contribution in [0.1, 0.15) is 36.0 Å². The molecule has 0 spiro atoms. The second-order valence-corrected chi connectivity index (χ2v) is 7.78. The van der Waals surface area contributed by atoms with Crippen LogP contribution in [0.4, 0.5) is 0 Å². The highest BCUT2D eigenvalue weighted by Gasteiger charge is 2.26. The van der Waals surface area contributed by atoms with Gasteiger partial charge in [0.15, 0.2) is 0 Å². The number of morpholine rings is 1. The summed E-state index contributed by atoms with van der Waals surface area (Å²) < 4.78 is 13.2. The molecule has 2 saturated heterocycles. The maximum atomic E-state index is 5.50. The summed E-state index contributed by atoms with van der Waals surface area (Å²) >= 11 is 0. The molecule has 3 heterocycles. The van der Waals surface area contributed by atoms with Crippen LogP contribution in [0.3, 0.4) is 0 Å². The third-order valence-corrected chi connectivity index (χ3v) is 6.01. The largest absolute Gasteiger partial charge is 0.496 e. The first kappa shape index (κ1) is 19.4. The topological polar surface area (TPSA) is 55.6 Å². The van der Waals surface area contributed by atoms with Crippen LogP contribution >= 0.6 is 0 Å². The van der Waals surface area contributed by atoms with E-state index in [2.05, 4.69) is 43.7 Å². The van der Waals surface area contributed by atoms with Crippen molar-refractivity contribution in [1.82, 2.24) is 24.6 Å². The first-order chi connectivity index (χ1) is 13.7. The molecule has 0 radical (unpaired) electrons. The third-order valence-electron chi connectivity index (χ3n) is 6.01. The molecule has 0 unspecified atom stereocenters. The van der Waals surface area contributed by atoms with E-state index >= 15 is 0 Å². The van der Waals surface area contributed by atoms with E-state index < -0.39 is 0 Å². The summed E-state index contributed by atoms with van der Waals surface area (Å²) in [6.45, 7) is 7.54. The van der Waals surface area contributed by atoms with E-state index in [0.29, 0.717) is 5.92 Å². The summed E-state index contributed by atoms with van der Waals surface area (Å²) in [6, 6.07) is 8.31. The molecule has 7 nitrogen and oxygen atoms in total. The predicted octanol–water partition coefficient (Wildman–Crippen LogP) is 2.04. The number of methoxy groups -OCH3 is 1. The van der Waals surface area contributed by atoms with Crippen LogP contribution in [0.5, 0.6) is 5.75 Å². The van der Waals surface area contributed by atoms with Crippen LogP contribution in [0.15, 0.2) is 24.3 Å². The molecule has 2 fully saturated rings. The number of hydrogen-bond acceptors (Lipinski definition) is 6. The predicted molar refractivity (Wildman–Crippen MR) is 107 cm³/mol. The fourth-order valence-corrected chi connectivity index (χ4v) is 4.25. The third kappa shape index (κ3) is 4.37. The molecule has 152 valence electrons. The quantitative estimate of drug-likeness (QED) is 0.759. The highest BCUT2D eigenvalue weighted by Crippen LogP contribution is 2.29. The molecule has 2 aromatic rings. The minimum absolute atomic E-state index is 0.491. The van der Waals surface area contributed by atoms with Crippen molar-refractivity contribution >= 4 is 0 Å². The second-order valence-electron chi connectivity index (χ2n) is 7.78. The molecule has 0 bridgehead atoms. The summed E-state index contributed by atoms with van der Waals surface area (Å²) in [5.41, 5.74) is 1.26. The summed E-state index contributed by atoms with van der Waals surface area (Å²) in [6.07, 6.45) is 2.25. The molecule has 0 aliphatic carbocycles. The van der Waals surface area contributed by atoms with Gasteiger partial charge < -0.3 is 14.0 Å². The highest BCUT2D eigenvalue weighted by molar-refractivity contribution is 5.33. The fraction of sp³-hybridized carbons (Fsp3) is 0.619. The smallest absolute Gasteiger partial charge is 0.146 e. The van der Waals surface area contributed by atoms with E-state index in [9.17, 15) is 0 Å². The van der Waals surface area contributed by atoms with E-state index in [4.69, 9.17) is 9.47 Å². The Hall–Kier alpha value is -1.96. The average molecular weight is 386 g/mol. The summed E-state index contributed by atoms with van der Waals surface area (Å²) in [5.74, 6) is 3.67. The Bertz CT molecular complexity index is 764. The highest BCUT2D eigenvalue weighted by atomic mass is 16.5. The summed E-state index contributed by atoms with van der Waals surface area (Å²) in [7, 11) is 3.86. The zero-order chi connectivity index (χ0) is 19.3. The van der Waals surface area contributed by atoms with Crippen molar-refractivity contribution in [2.75, 3.05) is 46.5 Å². The van der Waals surface area contributed by atoms with Crippen molar-refractivity contribution in [2.24, 2.45) is 7.05 Å². The Labute approximate surface area is 167 Å². The number of benzene rings is 1. The van der Waals surface area contributed by atoms with Gasteiger partial charge in [0.1, 0.15) is 17.4 Å². The Balaban J connectivity index is 1.33. The number of para-hydroxylation sites is 1. The van der Waals surface area contributed by atoms with Crippen molar-refractivity contribution in [3.63, 3.8) is 0 Å². The molecule has 1 aromatic carbocycles. The van der Waals surface area contributed by atoms with Gasteiger partial charge in [0, 0.05) is 38.2 Å². The zero-order valence-electron chi connectivity index (χ0n) is 17.0. The number of hydrogen-bond donors (Lipinski definition) is 0. The lowest BCUT2D eigenvalue weighted by Crippen LogP contribution is -2.36. The standard InChI is InChI=1S/C21H31N5O2/c1-24-20(16-26-11-13-28-14-12-26)22-23-21(24)17-7-9-25(10-8-17)15-18-5-3-4-6-19(18)27-2/h3-6,17H,7-16H2,1-2H3. The molecular weight excluding hydrogens is 354 g/mol. The summed E-state index contributed by atoms with van der Waals surface area (Å²) in [4.78, 5) is 4.91. The minimum Gasteiger partial charge on any atom is -0.496 e. The molecule has 0 N–H and O–H groups in total. The van der Waals surface area contributed by atoms with E-state index in [-0.39, 0.29) is 0 Å². The number of piperidine rings is 1. The lowest BCUT2D eigenvalue weighted by molar-refractivity contribution is 0.0326. The maximum absolute atomic E-state index is 5.50. The average Bonchev–Trinajstić information content (AvgIpc) is 3.10. The molecule has 2 aliphatic rings. The van der Waals surface area contributed by atoms with Crippen molar-refractivity contribution < 1.29 is 9.47 Å². The van der Waals surface area contributed by atoms with Gasteiger partial charge >= 0.3 is 0 Å². The van der Waals surface area contributed by atoms with Crippen LogP contribution in [0, 0.1) is 0 Å². The van der Waals surface area contributed by atoms with Gasteiger partial charge in [-0.25, -0.2) is 0 Å². The molecule has 0 atom stereocenters. The maximum Gasteiger partial charge on any atom is 0.146 e. The van der Waals surface area contributed by atoms with Gasteiger partial charge in [-0.15, -0.1) is 10.2 Å². The first-order valence-electron chi connectivity index (χ1n) is 10.3.